The molecule has 1 unspecified atom stereocenters. The fourth-order valence-corrected chi connectivity index (χ4v) is 3.57. The highest BCUT2D eigenvalue weighted by molar-refractivity contribution is 6.35. The lowest BCUT2D eigenvalue weighted by atomic mass is 10.1. The minimum atomic E-state index is -0.653. The number of amides is 2. The van der Waals surface area contributed by atoms with E-state index in [0.717, 1.165) is 5.56 Å². The van der Waals surface area contributed by atoms with Crippen molar-refractivity contribution < 1.29 is 14.3 Å². The van der Waals surface area contributed by atoms with Crippen LogP contribution in [0.4, 0.5) is 0 Å². The molecule has 0 heterocycles. The Morgan fingerprint density at radius 1 is 1.07 bits per heavy atom. The van der Waals surface area contributed by atoms with Gasteiger partial charge in [0.1, 0.15) is 11.8 Å². The minimum Gasteiger partial charge on any atom is -0.484 e. The Kier molecular flexibility index (Phi) is 9.28. The summed E-state index contributed by atoms with van der Waals surface area (Å²) in [6.07, 6.45) is 0.447. The Bertz CT molecular complexity index is 905. The monoisotopic (exact) mass is 470 g/mol. The van der Waals surface area contributed by atoms with Crippen LogP contribution in [0.3, 0.4) is 0 Å². The fourth-order valence-electron chi connectivity index (χ4n) is 2.98. The normalized spacial score (nSPS) is 11.7. The van der Waals surface area contributed by atoms with Gasteiger partial charge >= 0.3 is 0 Å². The highest BCUT2D eigenvalue weighted by atomic mass is 35.5. The van der Waals surface area contributed by atoms with Crippen molar-refractivity contribution in [2.75, 3.05) is 13.2 Å². The third kappa shape index (κ3) is 6.53. The van der Waals surface area contributed by atoms with Crippen molar-refractivity contribution in [3.05, 3.63) is 62.6 Å². The second kappa shape index (κ2) is 11.4. The van der Waals surface area contributed by atoms with Gasteiger partial charge in [-0.2, -0.15) is 0 Å². The summed E-state index contributed by atoms with van der Waals surface area (Å²) < 4.78 is 5.67. The number of hydrogen-bond donors (Lipinski definition) is 1. The average Bonchev–Trinajstić information content (AvgIpc) is 2.70. The highest BCUT2D eigenvalue weighted by Crippen LogP contribution is 2.24. The maximum absolute atomic E-state index is 13.1. The highest BCUT2D eigenvalue weighted by Gasteiger charge is 2.29. The van der Waals surface area contributed by atoms with Crippen molar-refractivity contribution >= 4 is 46.6 Å². The summed E-state index contributed by atoms with van der Waals surface area (Å²) in [4.78, 5) is 27.2. The van der Waals surface area contributed by atoms with Crippen LogP contribution in [0, 0.1) is 6.92 Å². The van der Waals surface area contributed by atoms with Crippen LogP contribution < -0.4 is 10.1 Å². The number of nitrogens with zero attached hydrogens (tertiary/aromatic N) is 1. The molecule has 1 N–H and O–H groups in total. The van der Waals surface area contributed by atoms with Gasteiger partial charge in [-0.15, -0.1) is 0 Å². The summed E-state index contributed by atoms with van der Waals surface area (Å²) in [5.74, 6) is -0.0201. The molecule has 0 saturated carbocycles. The van der Waals surface area contributed by atoms with Crippen LogP contribution in [0.25, 0.3) is 0 Å². The zero-order chi connectivity index (χ0) is 22.3. The second-order valence-corrected chi connectivity index (χ2v) is 8.03. The molecule has 8 heteroatoms. The van der Waals surface area contributed by atoms with E-state index in [2.05, 4.69) is 5.32 Å². The van der Waals surface area contributed by atoms with Crippen molar-refractivity contribution in [3.8, 4) is 5.75 Å². The first-order valence-corrected chi connectivity index (χ1v) is 10.8. The smallest absolute Gasteiger partial charge is 0.261 e. The zero-order valence-electron chi connectivity index (χ0n) is 17.2. The number of aryl methyl sites for hydroxylation is 1. The number of likely N-dealkylation sites (N-methyl/N-ethyl adjacent to an activating group) is 1. The zero-order valence-corrected chi connectivity index (χ0v) is 19.4. The predicted molar refractivity (Wildman–Crippen MR) is 121 cm³/mol. The summed E-state index contributed by atoms with van der Waals surface area (Å²) in [6.45, 7) is 5.95. The summed E-state index contributed by atoms with van der Waals surface area (Å²) in [5.41, 5.74) is 1.54. The third-order valence-electron chi connectivity index (χ3n) is 4.58. The number of hydrogen-bond acceptors (Lipinski definition) is 3. The molecule has 2 amide bonds. The molecule has 2 rings (SSSR count). The van der Waals surface area contributed by atoms with Gasteiger partial charge in [0.2, 0.25) is 5.91 Å². The number of halogens is 3. The van der Waals surface area contributed by atoms with Crippen LogP contribution in [-0.2, 0) is 16.1 Å². The van der Waals surface area contributed by atoms with E-state index in [9.17, 15) is 9.59 Å². The van der Waals surface area contributed by atoms with Gasteiger partial charge in [-0.25, -0.2) is 0 Å². The predicted octanol–water partition coefficient (Wildman–Crippen LogP) is 5.28. The standard InChI is InChI=1S/C22H25Cl3N2O3/c1-4-20(22(29)26-5-2)27(12-15-6-7-16(23)11-19(15)25)21(28)13-30-17-8-9-18(24)14(3)10-17/h6-11,20H,4-5,12-13H2,1-3H3,(H,26,29). The lowest BCUT2D eigenvalue weighted by Crippen LogP contribution is -2.50. The molecule has 0 aromatic heterocycles. The summed E-state index contributed by atoms with van der Waals surface area (Å²) in [7, 11) is 0. The van der Waals surface area contributed by atoms with Crippen molar-refractivity contribution in [3.63, 3.8) is 0 Å². The van der Waals surface area contributed by atoms with Gasteiger partial charge in [-0.05, 0) is 61.7 Å². The Balaban J connectivity index is 2.24. The minimum absolute atomic E-state index is 0.160. The van der Waals surface area contributed by atoms with Crippen LogP contribution in [0.2, 0.25) is 15.1 Å². The third-order valence-corrected chi connectivity index (χ3v) is 5.60. The molecule has 5 nitrogen and oxygen atoms in total. The molecule has 162 valence electrons. The first-order chi connectivity index (χ1) is 14.3. The quantitative estimate of drug-likeness (QED) is 0.541. The van der Waals surface area contributed by atoms with Crippen molar-refractivity contribution in [2.45, 2.75) is 39.8 Å². The number of rotatable bonds is 9. The lowest BCUT2D eigenvalue weighted by Gasteiger charge is -2.30. The van der Waals surface area contributed by atoms with Crippen LogP contribution >= 0.6 is 34.8 Å². The van der Waals surface area contributed by atoms with E-state index in [1.54, 1.807) is 36.4 Å². The van der Waals surface area contributed by atoms with Gasteiger partial charge in [-0.3, -0.25) is 9.59 Å². The Labute approximate surface area is 192 Å². The van der Waals surface area contributed by atoms with E-state index in [1.807, 2.05) is 20.8 Å². The molecule has 0 aliphatic carbocycles. The number of carbonyl (C=O) groups excluding carboxylic acids is 2. The van der Waals surface area contributed by atoms with Crippen LogP contribution in [-0.4, -0.2) is 35.9 Å². The Morgan fingerprint density at radius 2 is 1.80 bits per heavy atom. The molecule has 0 radical (unpaired) electrons. The SMILES string of the molecule is CCNC(=O)C(CC)N(Cc1ccc(Cl)cc1Cl)C(=O)COc1ccc(Cl)c(C)c1. The van der Waals surface area contributed by atoms with Gasteiger partial charge in [-0.1, -0.05) is 47.8 Å². The molecule has 30 heavy (non-hydrogen) atoms. The van der Waals surface area contributed by atoms with Gasteiger partial charge in [0, 0.05) is 28.2 Å². The van der Waals surface area contributed by atoms with E-state index >= 15 is 0 Å². The molecule has 0 aliphatic rings. The first-order valence-electron chi connectivity index (χ1n) is 9.66. The largest absolute Gasteiger partial charge is 0.484 e. The molecule has 2 aromatic carbocycles. The number of ether oxygens (including phenoxy) is 1. The first kappa shape index (κ1) is 24.3. The van der Waals surface area contributed by atoms with Gasteiger partial charge in [0.15, 0.2) is 6.61 Å². The maximum atomic E-state index is 13.1. The van der Waals surface area contributed by atoms with E-state index in [-0.39, 0.29) is 25.0 Å². The second-order valence-electron chi connectivity index (χ2n) is 6.78. The number of nitrogens with one attached hydrogen (secondary N) is 1. The van der Waals surface area contributed by atoms with Crippen LogP contribution in [0.5, 0.6) is 5.75 Å². The van der Waals surface area contributed by atoms with Crippen LogP contribution in [0.1, 0.15) is 31.4 Å². The molecule has 0 bridgehead atoms. The molecule has 0 fully saturated rings. The average molecular weight is 472 g/mol. The van der Waals surface area contributed by atoms with E-state index < -0.39 is 6.04 Å². The van der Waals surface area contributed by atoms with Gasteiger partial charge in [0.25, 0.3) is 5.91 Å². The molecule has 0 aliphatic heterocycles. The number of carbonyl (C=O) groups is 2. The molecule has 1 atom stereocenters. The van der Waals surface area contributed by atoms with Crippen LogP contribution in [0.15, 0.2) is 36.4 Å². The molecule has 0 saturated heterocycles. The Hall–Kier alpha value is -1.95. The van der Waals surface area contributed by atoms with E-state index in [1.165, 1.54) is 4.90 Å². The van der Waals surface area contributed by atoms with Crippen molar-refractivity contribution in [1.29, 1.82) is 0 Å². The van der Waals surface area contributed by atoms with Crippen molar-refractivity contribution in [2.24, 2.45) is 0 Å². The van der Waals surface area contributed by atoms with E-state index in [4.69, 9.17) is 39.5 Å². The summed E-state index contributed by atoms with van der Waals surface area (Å²) in [5, 5.41) is 4.34. The van der Waals surface area contributed by atoms with Crippen molar-refractivity contribution in [1.82, 2.24) is 10.2 Å². The lowest BCUT2D eigenvalue weighted by molar-refractivity contribution is -0.142. The molecular weight excluding hydrogens is 447 g/mol. The topological polar surface area (TPSA) is 58.6 Å². The molecule has 0 spiro atoms. The summed E-state index contributed by atoms with van der Waals surface area (Å²) >= 11 is 18.3. The maximum Gasteiger partial charge on any atom is 0.261 e. The van der Waals surface area contributed by atoms with Gasteiger partial charge < -0.3 is 15.0 Å². The molecule has 2 aromatic rings. The Morgan fingerprint density at radius 3 is 2.40 bits per heavy atom. The van der Waals surface area contributed by atoms with Gasteiger partial charge in [0.05, 0.1) is 0 Å². The number of benzene rings is 2. The summed E-state index contributed by atoms with van der Waals surface area (Å²) in [6, 6.07) is 9.58. The fraction of sp³-hybridized carbons (Fsp3) is 0.364. The molecular formula is C22H25Cl3N2O3. The van der Waals surface area contributed by atoms with E-state index in [0.29, 0.717) is 39.3 Å².